The van der Waals surface area contributed by atoms with Crippen LogP contribution in [0.3, 0.4) is 0 Å². The maximum Gasteiger partial charge on any atom is 0.459 e. The van der Waals surface area contributed by atoms with Gasteiger partial charge in [-0.25, -0.2) is 4.79 Å². The van der Waals surface area contributed by atoms with Crippen LogP contribution in [0.15, 0.2) is 53.0 Å². The summed E-state index contributed by atoms with van der Waals surface area (Å²) in [6.07, 6.45) is -6.83. The Labute approximate surface area is 225 Å². The van der Waals surface area contributed by atoms with E-state index in [1.54, 1.807) is 24.3 Å². The van der Waals surface area contributed by atoms with Crippen LogP contribution in [-0.2, 0) is 11.3 Å². The van der Waals surface area contributed by atoms with Gasteiger partial charge in [0, 0.05) is 41.3 Å². The van der Waals surface area contributed by atoms with Crippen LogP contribution in [0.1, 0.15) is 22.3 Å². The second-order valence-corrected chi connectivity index (χ2v) is 9.75. The number of aliphatic carboxylic acids is 1. The van der Waals surface area contributed by atoms with E-state index in [-0.39, 0.29) is 37.2 Å². The van der Waals surface area contributed by atoms with Gasteiger partial charge in [0.25, 0.3) is 5.91 Å². The molecule has 2 N–H and O–H groups in total. The van der Waals surface area contributed by atoms with Crippen molar-refractivity contribution in [2.75, 3.05) is 24.5 Å². The molecule has 0 saturated carbocycles. The van der Waals surface area contributed by atoms with Crippen LogP contribution in [0.4, 0.5) is 41.2 Å². The predicted octanol–water partition coefficient (Wildman–Crippen LogP) is 5.54. The lowest BCUT2D eigenvalue weighted by molar-refractivity contribution is -0.352. The molecule has 1 fully saturated rings. The molecule has 0 spiro atoms. The second-order valence-electron chi connectivity index (χ2n) is 8.83. The van der Waals surface area contributed by atoms with Crippen molar-refractivity contribution in [2.24, 2.45) is 5.92 Å². The molecule has 212 valence electrons. The molecule has 3 amide bonds. The molecule has 1 atom stereocenters. The van der Waals surface area contributed by atoms with E-state index in [0.29, 0.717) is 5.69 Å². The number of carboxylic acids is 1. The van der Waals surface area contributed by atoms with Gasteiger partial charge in [0.05, 0.1) is 13.0 Å². The Kier molecular flexibility index (Phi) is 8.82. The van der Waals surface area contributed by atoms with Gasteiger partial charge in [-0.2, -0.15) is 30.7 Å². The zero-order valence-electron chi connectivity index (χ0n) is 19.8. The van der Waals surface area contributed by atoms with Gasteiger partial charge in [-0.3, -0.25) is 14.5 Å². The average Bonchev–Trinajstić information content (AvgIpc) is 2.84. The number of alkyl halides is 7. The minimum Gasteiger partial charge on any atom is -0.481 e. The molecular formula is C24H21BrF7N3O4. The average molecular weight is 628 g/mol. The molecule has 39 heavy (non-hydrogen) atoms. The number of carbonyl (C=O) groups is 3. The Balaban J connectivity index is 1.83. The van der Waals surface area contributed by atoms with Gasteiger partial charge < -0.3 is 15.3 Å². The fourth-order valence-corrected chi connectivity index (χ4v) is 4.25. The summed E-state index contributed by atoms with van der Waals surface area (Å²) in [4.78, 5) is 39.8. The molecule has 2 aromatic carbocycles. The largest absolute Gasteiger partial charge is 0.481 e. The molecule has 1 heterocycles. The van der Waals surface area contributed by atoms with Crippen molar-refractivity contribution < 1.29 is 50.2 Å². The van der Waals surface area contributed by atoms with E-state index < -0.39 is 48.4 Å². The SMILES string of the molecule is O=C(O)CC1CN(Cc2ccccc2C(=O)NCC(F)(F)C(F)(F)C(F)(F)F)C(=O)N(c2ccc(Br)cc2)C1. The van der Waals surface area contributed by atoms with Crippen molar-refractivity contribution in [1.82, 2.24) is 10.2 Å². The Morgan fingerprint density at radius 3 is 2.18 bits per heavy atom. The summed E-state index contributed by atoms with van der Waals surface area (Å²) in [6.45, 7) is -2.56. The smallest absolute Gasteiger partial charge is 0.459 e. The summed E-state index contributed by atoms with van der Waals surface area (Å²) in [5, 5.41) is 10.7. The van der Waals surface area contributed by atoms with E-state index in [2.05, 4.69) is 15.9 Å². The lowest BCUT2D eigenvalue weighted by atomic mass is 9.99. The molecule has 1 aliphatic heterocycles. The van der Waals surface area contributed by atoms with Crippen molar-refractivity contribution >= 4 is 39.5 Å². The number of urea groups is 1. The van der Waals surface area contributed by atoms with Gasteiger partial charge >= 0.3 is 30.0 Å². The lowest BCUT2D eigenvalue weighted by Crippen LogP contribution is -2.57. The van der Waals surface area contributed by atoms with Crippen molar-refractivity contribution in [3.8, 4) is 0 Å². The summed E-state index contributed by atoms with van der Waals surface area (Å²) < 4.78 is 91.7. The monoisotopic (exact) mass is 627 g/mol. The first-order chi connectivity index (χ1) is 18.0. The van der Waals surface area contributed by atoms with E-state index in [0.717, 1.165) is 10.5 Å². The first-order valence-corrected chi connectivity index (χ1v) is 12.0. The third-order valence-electron chi connectivity index (χ3n) is 5.93. The van der Waals surface area contributed by atoms with E-state index in [1.165, 1.54) is 33.3 Å². The van der Waals surface area contributed by atoms with Crippen molar-refractivity contribution in [3.63, 3.8) is 0 Å². The number of halogens is 8. The molecule has 0 aromatic heterocycles. The third kappa shape index (κ3) is 6.81. The maximum atomic E-state index is 13.7. The quantitative estimate of drug-likeness (QED) is 0.357. The third-order valence-corrected chi connectivity index (χ3v) is 6.46. The van der Waals surface area contributed by atoms with E-state index in [1.807, 2.05) is 0 Å². The van der Waals surface area contributed by atoms with Crippen molar-refractivity contribution in [1.29, 1.82) is 0 Å². The highest BCUT2D eigenvalue weighted by Gasteiger charge is 2.72. The number of anilines is 1. The zero-order valence-corrected chi connectivity index (χ0v) is 21.4. The Hall–Kier alpha value is -3.36. The van der Waals surface area contributed by atoms with Crippen LogP contribution < -0.4 is 10.2 Å². The van der Waals surface area contributed by atoms with Gasteiger partial charge in [0.2, 0.25) is 0 Å². The second kappa shape index (κ2) is 11.4. The van der Waals surface area contributed by atoms with E-state index in [4.69, 9.17) is 0 Å². The number of hydrogen-bond donors (Lipinski definition) is 2. The highest BCUT2D eigenvalue weighted by Crippen LogP contribution is 2.46. The maximum absolute atomic E-state index is 13.7. The molecule has 15 heteroatoms. The summed E-state index contributed by atoms with van der Waals surface area (Å²) in [5.74, 6) is -15.0. The number of nitrogens with one attached hydrogen (secondary N) is 1. The molecule has 0 bridgehead atoms. The summed E-state index contributed by atoms with van der Waals surface area (Å²) >= 11 is 3.28. The Morgan fingerprint density at radius 2 is 1.59 bits per heavy atom. The zero-order chi connectivity index (χ0) is 29.2. The fraction of sp³-hybridized carbons (Fsp3) is 0.375. The first-order valence-electron chi connectivity index (χ1n) is 11.3. The van der Waals surface area contributed by atoms with Crippen molar-refractivity contribution in [2.45, 2.75) is 31.0 Å². The molecule has 3 rings (SSSR count). The van der Waals surface area contributed by atoms with Crippen LogP contribution in [0.2, 0.25) is 0 Å². The van der Waals surface area contributed by atoms with Crippen LogP contribution in [-0.4, -0.2) is 65.6 Å². The summed E-state index contributed by atoms with van der Waals surface area (Å²) in [6, 6.07) is 11.3. The van der Waals surface area contributed by atoms with Crippen LogP contribution in [0.5, 0.6) is 0 Å². The molecule has 0 radical (unpaired) electrons. The molecule has 0 aliphatic carbocycles. The van der Waals surface area contributed by atoms with Gasteiger partial charge in [-0.05, 0) is 35.9 Å². The van der Waals surface area contributed by atoms with Crippen LogP contribution in [0.25, 0.3) is 0 Å². The number of carboxylic acid groups (broad SMARTS) is 1. The standard InChI is InChI=1S/C24H21BrF7N3O4/c25-16-5-7-17(8-6-16)35-11-14(9-19(36)37)10-34(21(35)39)12-15-3-1-2-4-18(15)20(38)33-13-22(26,27)23(28,29)24(30,31)32/h1-8,14H,9-13H2,(H,33,38)(H,36,37). The Bertz CT molecular complexity index is 1220. The molecule has 1 saturated heterocycles. The minimum absolute atomic E-state index is 0.0377. The van der Waals surface area contributed by atoms with Gasteiger partial charge in [-0.15, -0.1) is 0 Å². The molecule has 1 unspecified atom stereocenters. The highest BCUT2D eigenvalue weighted by molar-refractivity contribution is 9.10. The molecular weight excluding hydrogens is 607 g/mol. The topological polar surface area (TPSA) is 90.0 Å². The molecule has 1 aliphatic rings. The number of benzene rings is 2. The Morgan fingerprint density at radius 1 is 0.974 bits per heavy atom. The van der Waals surface area contributed by atoms with E-state index >= 15 is 0 Å². The normalized spacial score (nSPS) is 16.8. The number of rotatable bonds is 9. The molecule has 2 aromatic rings. The first kappa shape index (κ1) is 30.2. The van der Waals surface area contributed by atoms with Crippen LogP contribution >= 0.6 is 15.9 Å². The van der Waals surface area contributed by atoms with Crippen molar-refractivity contribution in [3.05, 3.63) is 64.1 Å². The highest BCUT2D eigenvalue weighted by atomic mass is 79.9. The van der Waals surface area contributed by atoms with E-state index in [9.17, 15) is 50.2 Å². The number of hydrogen-bond acceptors (Lipinski definition) is 3. The number of carbonyl (C=O) groups excluding carboxylic acids is 2. The lowest BCUT2D eigenvalue weighted by Gasteiger charge is -2.40. The number of amides is 3. The van der Waals surface area contributed by atoms with Crippen LogP contribution in [0, 0.1) is 5.92 Å². The predicted molar refractivity (Wildman–Crippen MR) is 128 cm³/mol. The number of nitrogens with zero attached hydrogens (tertiary/aromatic N) is 2. The summed E-state index contributed by atoms with van der Waals surface area (Å²) in [7, 11) is 0. The summed E-state index contributed by atoms with van der Waals surface area (Å²) in [5.41, 5.74) is 0.190. The van der Waals surface area contributed by atoms with Gasteiger partial charge in [0.15, 0.2) is 0 Å². The van der Waals surface area contributed by atoms with Gasteiger partial charge in [0.1, 0.15) is 0 Å². The van der Waals surface area contributed by atoms with Gasteiger partial charge in [-0.1, -0.05) is 34.1 Å². The molecule has 7 nitrogen and oxygen atoms in total. The minimum atomic E-state index is -6.54. The fourth-order valence-electron chi connectivity index (χ4n) is 3.99.